The summed E-state index contributed by atoms with van der Waals surface area (Å²) in [5, 5.41) is 5.39. The summed E-state index contributed by atoms with van der Waals surface area (Å²) in [4.78, 5) is 15.4. The van der Waals surface area contributed by atoms with Gasteiger partial charge in [0.25, 0.3) is 5.91 Å². The van der Waals surface area contributed by atoms with Gasteiger partial charge in [-0.05, 0) is 41.1 Å². The molecule has 30 heavy (non-hydrogen) atoms. The van der Waals surface area contributed by atoms with Crippen LogP contribution in [-0.4, -0.2) is 45.4 Å². The van der Waals surface area contributed by atoms with Crippen molar-refractivity contribution in [3.8, 4) is 11.5 Å². The molecule has 1 saturated heterocycles. The highest BCUT2D eigenvalue weighted by atomic mass is 16.7. The van der Waals surface area contributed by atoms with Crippen molar-refractivity contribution in [3.63, 3.8) is 0 Å². The van der Waals surface area contributed by atoms with Crippen LogP contribution >= 0.6 is 0 Å². The van der Waals surface area contributed by atoms with Gasteiger partial charge in [-0.25, -0.2) is 0 Å². The van der Waals surface area contributed by atoms with Crippen LogP contribution in [0.25, 0.3) is 10.8 Å². The number of amides is 1. The van der Waals surface area contributed by atoms with E-state index < -0.39 is 0 Å². The third-order valence-corrected chi connectivity index (χ3v) is 6.00. The predicted octanol–water partition coefficient (Wildman–Crippen LogP) is 0.491. The zero-order valence-electron chi connectivity index (χ0n) is 16.9. The van der Waals surface area contributed by atoms with Gasteiger partial charge in [0.05, 0.1) is 0 Å². The molecule has 0 spiro atoms. The molecule has 0 unspecified atom stereocenters. The average Bonchev–Trinajstić information content (AvgIpc) is 3.23. The molecule has 1 amide bonds. The second-order valence-corrected chi connectivity index (χ2v) is 8.15. The zero-order valence-corrected chi connectivity index (χ0v) is 16.9. The molecule has 6 nitrogen and oxygen atoms in total. The molecule has 5 rings (SSSR count). The first kappa shape index (κ1) is 18.9. The first-order chi connectivity index (χ1) is 14.7. The minimum absolute atomic E-state index is 0.0829. The Hall–Kier alpha value is -3.09. The topological polar surface area (TPSA) is 56.4 Å². The van der Waals surface area contributed by atoms with Crippen LogP contribution in [0.4, 0.5) is 5.69 Å². The Morgan fingerprint density at radius 3 is 2.47 bits per heavy atom. The monoisotopic (exact) mass is 405 g/mol. The van der Waals surface area contributed by atoms with Crippen molar-refractivity contribution in [2.45, 2.75) is 6.54 Å². The lowest BCUT2D eigenvalue weighted by atomic mass is 10.1. The smallest absolute Gasteiger partial charge is 0.279 e. The number of carbonyl (C=O) groups is 1. The van der Waals surface area contributed by atoms with Crippen LogP contribution < -0.4 is 24.6 Å². The summed E-state index contributed by atoms with van der Waals surface area (Å²) in [7, 11) is 0. The van der Waals surface area contributed by atoms with Gasteiger partial charge in [0.15, 0.2) is 18.0 Å². The Morgan fingerprint density at radius 2 is 1.60 bits per heavy atom. The summed E-state index contributed by atoms with van der Waals surface area (Å²) >= 11 is 0. The Labute approximate surface area is 176 Å². The van der Waals surface area contributed by atoms with Gasteiger partial charge in [0, 0.05) is 11.3 Å². The van der Waals surface area contributed by atoms with Crippen molar-refractivity contribution in [1.82, 2.24) is 0 Å². The summed E-state index contributed by atoms with van der Waals surface area (Å²) in [6.45, 7) is 5.95. The summed E-state index contributed by atoms with van der Waals surface area (Å²) < 4.78 is 10.9. The number of anilines is 1. The molecule has 0 bridgehead atoms. The molecular weight excluding hydrogens is 378 g/mol. The maximum absolute atomic E-state index is 12.5. The molecule has 0 atom stereocenters. The van der Waals surface area contributed by atoms with Gasteiger partial charge in [-0.15, -0.1) is 0 Å². The van der Waals surface area contributed by atoms with Crippen LogP contribution in [0.5, 0.6) is 11.5 Å². The fourth-order valence-electron chi connectivity index (χ4n) is 4.35. The van der Waals surface area contributed by atoms with E-state index in [1.807, 2.05) is 30.3 Å². The second kappa shape index (κ2) is 8.34. The lowest BCUT2D eigenvalue weighted by Gasteiger charge is -2.29. The molecule has 2 heterocycles. The summed E-state index contributed by atoms with van der Waals surface area (Å²) in [5.41, 5.74) is 2.14. The average molecular weight is 405 g/mol. The molecule has 2 aliphatic rings. The van der Waals surface area contributed by atoms with Crippen molar-refractivity contribution < 1.29 is 24.1 Å². The third kappa shape index (κ3) is 4.25. The quantitative estimate of drug-likeness (QED) is 0.579. The molecule has 3 N–H and O–H groups in total. The van der Waals surface area contributed by atoms with Gasteiger partial charge in [0.1, 0.15) is 32.7 Å². The lowest BCUT2D eigenvalue weighted by Crippen LogP contribution is -3.28. The summed E-state index contributed by atoms with van der Waals surface area (Å²) in [5.74, 6) is 1.77. The number of nitrogens with one attached hydrogen (secondary N) is 3. The van der Waals surface area contributed by atoms with Gasteiger partial charge in [-0.3, -0.25) is 4.79 Å². The SMILES string of the molecule is O=C(C[NH+]1CC[NH+](Cc2ccc3c(c2)OCO3)CC1)Nc1ccc2ccccc2c1. The van der Waals surface area contributed by atoms with Gasteiger partial charge in [-0.2, -0.15) is 0 Å². The summed E-state index contributed by atoms with van der Waals surface area (Å²) in [6, 6.07) is 20.5. The molecule has 3 aromatic carbocycles. The van der Waals surface area contributed by atoms with Gasteiger partial charge >= 0.3 is 0 Å². The number of rotatable bonds is 5. The second-order valence-electron chi connectivity index (χ2n) is 8.15. The largest absolute Gasteiger partial charge is 0.454 e. The van der Waals surface area contributed by atoms with E-state index in [9.17, 15) is 4.79 Å². The Balaban J connectivity index is 1.11. The highest BCUT2D eigenvalue weighted by Gasteiger charge is 2.25. The summed E-state index contributed by atoms with van der Waals surface area (Å²) in [6.07, 6.45) is 0. The van der Waals surface area contributed by atoms with Crippen LogP contribution in [0.2, 0.25) is 0 Å². The van der Waals surface area contributed by atoms with Crippen LogP contribution in [0.1, 0.15) is 5.56 Å². The Morgan fingerprint density at radius 1 is 0.833 bits per heavy atom. The van der Waals surface area contributed by atoms with Gasteiger partial charge in [0.2, 0.25) is 6.79 Å². The van der Waals surface area contributed by atoms with Crippen LogP contribution in [0, 0.1) is 0 Å². The van der Waals surface area contributed by atoms with Crippen molar-refractivity contribution in [1.29, 1.82) is 0 Å². The number of piperazine rings is 1. The molecule has 1 fully saturated rings. The molecule has 0 radical (unpaired) electrons. The number of benzene rings is 3. The predicted molar refractivity (Wildman–Crippen MR) is 115 cm³/mol. The van der Waals surface area contributed by atoms with Crippen molar-refractivity contribution in [2.24, 2.45) is 0 Å². The molecule has 0 aromatic heterocycles. The Bertz CT molecular complexity index is 1060. The number of quaternary nitrogens is 2. The van der Waals surface area contributed by atoms with E-state index in [0.717, 1.165) is 55.3 Å². The Kier molecular flexibility index (Phi) is 5.26. The fourth-order valence-corrected chi connectivity index (χ4v) is 4.35. The van der Waals surface area contributed by atoms with E-state index in [1.54, 1.807) is 4.90 Å². The fraction of sp³-hybridized carbons (Fsp3) is 0.292. The number of carbonyl (C=O) groups excluding carboxylic acids is 1. The van der Waals surface area contributed by atoms with Gasteiger partial charge in [-0.1, -0.05) is 30.3 Å². The molecule has 3 aromatic rings. The highest BCUT2D eigenvalue weighted by Crippen LogP contribution is 2.32. The number of hydrogen-bond acceptors (Lipinski definition) is 3. The minimum Gasteiger partial charge on any atom is -0.454 e. The number of hydrogen-bond donors (Lipinski definition) is 3. The van der Waals surface area contributed by atoms with Crippen molar-refractivity contribution >= 4 is 22.4 Å². The number of ether oxygens (including phenoxy) is 2. The molecule has 6 heteroatoms. The lowest BCUT2D eigenvalue weighted by molar-refractivity contribution is -1.02. The molecule has 0 saturated carbocycles. The van der Waals surface area contributed by atoms with E-state index >= 15 is 0 Å². The van der Waals surface area contributed by atoms with Crippen LogP contribution in [0.15, 0.2) is 60.7 Å². The minimum atomic E-state index is 0.0829. The maximum atomic E-state index is 12.5. The van der Waals surface area contributed by atoms with E-state index in [4.69, 9.17) is 9.47 Å². The maximum Gasteiger partial charge on any atom is 0.279 e. The molecule has 2 aliphatic heterocycles. The van der Waals surface area contributed by atoms with E-state index in [2.05, 4.69) is 35.6 Å². The standard InChI is InChI=1S/C24H25N3O3/c28-24(25-21-7-6-19-3-1-2-4-20(19)14-21)16-27-11-9-26(10-12-27)15-18-5-8-22-23(13-18)30-17-29-22/h1-8,13-14H,9-12,15-17H2,(H,25,28)/p+2. The highest BCUT2D eigenvalue weighted by molar-refractivity contribution is 5.94. The van der Waals surface area contributed by atoms with Gasteiger partial charge < -0.3 is 24.6 Å². The zero-order chi connectivity index (χ0) is 20.3. The molecular formula is C24H27N3O3+2. The van der Waals surface area contributed by atoms with E-state index in [1.165, 1.54) is 15.8 Å². The first-order valence-electron chi connectivity index (χ1n) is 10.6. The number of fused-ring (bicyclic) bond motifs is 2. The normalized spacial score (nSPS) is 20.3. The van der Waals surface area contributed by atoms with Crippen molar-refractivity contribution in [2.75, 3.05) is 44.8 Å². The molecule has 0 aliphatic carbocycles. The van der Waals surface area contributed by atoms with Crippen LogP contribution in [-0.2, 0) is 11.3 Å². The van der Waals surface area contributed by atoms with Crippen LogP contribution in [0.3, 0.4) is 0 Å². The van der Waals surface area contributed by atoms with E-state index in [-0.39, 0.29) is 5.91 Å². The van der Waals surface area contributed by atoms with Crippen molar-refractivity contribution in [3.05, 3.63) is 66.2 Å². The third-order valence-electron chi connectivity index (χ3n) is 6.00. The molecule has 154 valence electrons. The van der Waals surface area contributed by atoms with E-state index in [0.29, 0.717) is 13.3 Å². The first-order valence-corrected chi connectivity index (χ1v) is 10.6.